The van der Waals surface area contributed by atoms with E-state index in [1.165, 1.54) is 0 Å². The molecule has 2 N–H and O–H groups in total. The number of esters is 1. The Morgan fingerprint density at radius 1 is 1.31 bits per heavy atom. The number of aliphatic carboxylic acids is 1. The second kappa shape index (κ2) is 6.44. The molecule has 0 spiro atoms. The van der Waals surface area contributed by atoms with Crippen LogP contribution < -0.4 is 0 Å². The highest BCUT2D eigenvalue weighted by Crippen LogP contribution is 2.06. The second-order valence-corrected chi connectivity index (χ2v) is 4.66. The maximum atomic E-state index is 11.1. The van der Waals surface area contributed by atoms with Crippen molar-refractivity contribution in [2.45, 2.75) is 18.9 Å². The Morgan fingerprint density at radius 3 is 2.25 bits per heavy atom. The molecule has 6 nitrogen and oxygen atoms in total. The van der Waals surface area contributed by atoms with Crippen LogP contribution >= 0.6 is 0 Å². The van der Waals surface area contributed by atoms with Crippen LogP contribution in [0.5, 0.6) is 0 Å². The third-order valence-electron chi connectivity index (χ3n) is 1.77. The highest BCUT2D eigenvalue weighted by atomic mass is 16.5. The molecule has 0 saturated heterocycles. The Hall–Kier alpha value is -1.14. The number of carbonyl (C=O) groups is 2. The lowest BCUT2D eigenvalue weighted by Crippen LogP contribution is -2.43. The zero-order valence-electron chi connectivity index (χ0n) is 9.97. The molecule has 0 aromatic carbocycles. The molecule has 1 atom stereocenters. The maximum Gasteiger partial charge on any atom is 0.308 e. The first-order valence-electron chi connectivity index (χ1n) is 5.07. The number of aliphatic hydroxyl groups excluding tert-OH is 1. The van der Waals surface area contributed by atoms with Gasteiger partial charge < -0.3 is 19.4 Å². The average molecular weight is 234 g/mol. The quantitative estimate of drug-likeness (QED) is 0.456. The summed E-state index contributed by atoms with van der Waals surface area (Å²) in [7, 11) is 5.65. The van der Waals surface area contributed by atoms with Crippen LogP contribution in [0.3, 0.4) is 0 Å². The van der Waals surface area contributed by atoms with Crippen LogP contribution in [0.4, 0.5) is 0 Å². The largest absolute Gasteiger partial charge is 0.481 e. The molecule has 0 amide bonds. The van der Waals surface area contributed by atoms with E-state index in [9.17, 15) is 9.59 Å². The molecule has 94 valence electrons. The molecule has 0 saturated carbocycles. The van der Waals surface area contributed by atoms with Gasteiger partial charge in [0.2, 0.25) is 0 Å². The molecule has 6 heteroatoms. The minimum atomic E-state index is -1.00. The van der Waals surface area contributed by atoms with Gasteiger partial charge in [-0.25, -0.2) is 0 Å². The Labute approximate surface area is 95.0 Å². The van der Waals surface area contributed by atoms with Gasteiger partial charge in [0.15, 0.2) is 6.10 Å². The molecular formula is C10H20NO5+. The third-order valence-corrected chi connectivity index (χ3v) is 1.77. The zero-order chi connectivity index (χ0) is 12.8. The summed E-state index contributed by atoms with van der Waals surface area (Å²) in [4.78, 5) is 21.7. The van der Waals surface area contributed by atoms with Gasteiger partial charge in [0.25, 0.3) is 0 Å². The fourth-order valence-corrected chi connectivity index (χ4v) is 1.29. The van der Waals surface area contributed by atoms with Gasteiger partial charge in [-0.05, 0) is 0 Å². The van der Waals surface area contributed by atoms with Crippen molar-refractivity contribution < 1.29 is 29.0 Å². The van der Waals surface area contributed by atoms with Crippen molar-refractivity contribution in [1.29, 1.82) is 0 Å². The number of carboxylic acid groups (broad SMARTS) is 1. The predicted molar refractivity (Wildman–Crippen MR) is 56.7 cm³/mol. The summed E-state index contributed by atoms with van der Waals surface area (Å²) >= 11 is 0. The average Bonchev–Trinajstić information content (AvgIpc) is 1.98. The molecule has 0 unspecified atom stereocenters. The summed E-state index contributed by atoms with van der Waals surface area (Å²) in [5.41, 5.74) is 0. The number of aliphatic hydroxyl groups is 1. The first-order chi connectivity index (χ1) is 7.24. The summed E-state index contributed by atoms with van der Waals surface area (Å²) in [5, 5.41) is 17.2. The highest BCUT2D eigenvalue weighted by molar-refractivity contribution is 5.71. The van der Waals surface area contributed by atoms with E-state index in [0.29, 0.717) is 11.0 Å². The van der Waals surface area contributed by atoms with Crippen molar-refractivity contribution in [2.75, 3.05) is 34.3 Å². The van der Waals surface area contributed by atoms with Crippen LogP contribution in [0.1, 0.15) is 12.8 Å². The fourth-order valence-electron chi connectivity index (χ4n) is 1.29. The smallest absolute Gasteiger partial charge is 0.308 e. The Balaban J connectivity index is 4.31. The molecule has 0 heterocycles. The number of rotatable bonds is 7. The van der Waals surface area contributed by atoms with Gasteiger partial charge in [0.05, 0.1) is 40.6 Å². The Bertz CT molecular complexity index is 246. The normalized spacial score (nSPS) is 13.2. The number of nitrogens with zero attached hydrogens (tertiary/aromatic N) is 1. The maximum absolute atomic E-state index is 11.1. The van der Waals surface area contributed by atoms with Crippen molar-refractivity contribution in [2.24, 2.45) is 0 Å². The van der Waals surface area contributed by atoms with Gasteiger partial charge in [-0.3, -0.25) is 9.59 Å². The van der Waals surface area contributed by atoms with E-state index in [2.05, 4.69) is 0 Å². The predicted octanol–water partition coefficient (Wildman–Crippen LogP) is -0.538. The van der Waals surface area contributed by atoms with Gasteiger partial charge in [-0.2, -0.15) is 0 Å². The van der Waals surface area contributed by atoms with E-state index in [1.54, 1.807) is 0 Å². The fraction of sp³-hybridized carbons (Fsp3) is 0.800. The molecule has 0 rings (SSSR count). The number of hydrogen-bond donors (Lipinski definition) is 2. The van der Waals surface area contributed by atoms with Crippen molar-refractivity contribution in [1.82, 2.24) is 0 Å². The topological polar surface area (TPSA) is 83.8 Å². The van der Waals surface area contributed by atoms with Gasteiger partial charge in [-0.15, -0.1) is 0 Å². The van der Waals surface area contributed by atoms with Crippen molar-refractivity contribution in [3.63, 3.8) is 0 Å². The minimum Gasteiger partial charge on any atom is -0.481 e. The molecule has 16 heavy (non-hydrogen) atoms. The lowest BCUT2D eigenvalue weighted by molar-refractivity contribution is -0.873. The number of ether oxygens (including phenoxy) is 1. The standard InChI is InChI=1S/C10H19NO5/c1-11(2,3)7-8(6-9(13)14)16-10(15)4-5-12/h8,12H,4-7H2,1-3H3/p+1/t8-/m1/s1. The molecule has 0 aromatic heterocycles. The molecule has 0 aromatic rings. The first kappa shape index (κ1) is 14.9. The van der Waals surface area contributed by atoms with E-state index in [-0.39, 0.29) is 19.4 Å². The van der Waals surface area contributed by atoms with Crippen LogP contribution in [0.25, 0.3) is 0 Å². The zero-order valence-corrected chi connectivity index (χ0v) is 9.97. The lowest BCUT2D eigenvalue weighted by atomic mass is 10.2. The number of carboxylic acids is 1. The molecule has 0 aliphatic carbocycles. The summed E-state index contributed by atoms with van der Waals surface area (Å²) in [6.45, 7) is 0.131. The van der Waals surface area contributed by atoms with Crippen LogP contribution in [-0.4, -0.2) is 67.0 Å². The first-order valence-corrected chi connectivity index (χ1v) is 5.07. The van der Waals surface area contributed by atoms with Crippen LogP contribution in [0.15, 0.2) is 0 Å². The summed E-state index contributed by atoms with van der Waals surface area (Å²) in [6, 6.07) is 0. The van der Waals surface area contributed by atoms with Gasteiger partial charge in [-0.1, -0.05) is 0 Å². The number of quaternary nitrogens is 1. The summed E-state index contributed by atoms with van der Waals surface area (Å²) in [6.07, 6.45) is -0.975. The lowest BCUT2D eigenvalue weighted by Gasteiger charge is -2.28. The van der Waals surface area contributed by atoms with Crippen LogP contribution in [0, 0.1) is 0 Å². The Morgan fingerprint density at radius 2 is 1.88 bits per heavy atom. The van der Waals surface area contributed by atoms with Gasteiger partial charge >= 0.3 is 11.9 Å². The van der Waals surface area contributed by atoms with E-state index in [4.69, 9.17) is 14.9 Å². The van der Waals surface area contributed by atoms with Gasteiger partial charge in [0, 0.05) is 0 Å². The van der Waals surface area contributed by atoms with Crippen LogP contribution in [-0.2, 0) is 14.3 Å². The molecule has 0 fully saturated rings. The van der Waals surface area contributed by atoms with Crippen LogP contribution in [0.2, 0.25) is 0 Å². The third kappa shape index (κ3) is 8.19. The van der Waals surface area contributed by atoms with E-state index < -0.39 is 18.0 Å². The number of likely N-dealkylation sites (N-methyl/N-ethyl adjacent to an activating group) is 1. The molecule has 0 bridgehead atoms. The summed E-state index contributed by atoms with van der Waals surface area (Å²) in [5.74, 6) is -1.57. The van der Waals surface area contributed by atoms with Gasteiger partial charge in [0.1, 0.15) is 6.54 Å². The van der Waals surface area contributed by atoms with E-state index in [1.807, 2.05) is 21.1 Å². The number of hydrogen-bond acceptors (Lipinski definition) is 4. The van der Waals surface area contributed by atoms with E-state index in [0.717, 1.165) is 0 Å². The Kier molecular flexibility index (Phi) is 5.98. The summed E-state index contributed by atoms with van der Waals surface area (Å²) < 4.78 is 5.49. The molecular weight excluding hydrogens is 214 g/mol. The molecule has 0 aliphatic rings. The molecule has 0 aliphatic heterocycles. The van der Waals surface area contributed by atoms with E-state index >= 15 is 0 Å². The second-order valence-electron chi connectivity index (χ2n) is 4.66. The highest BCUT2D eigenvalue weighted by Gasteiger charge is 2.24. The monoisotopic (exact) mass is 234 g/mol. The van der Waals surface area contributed by atoms with Crippen molar-refractivity contribution in [3.05, 3.63) is 0 Å². The SMILES string of the molecule is C[N+](C)(C)C[C@@H](CC(=O)O)OC(=O)CCO. The van der Waals surface area contributed by atoms with Crippen molar-refractivity contribution >= 4 is 11.9 Å². The molecule has 0 radical (unpaired) electrons. The van der Waals surface area contributed by atoms with Crippen molar-refractivity contribution in [3.8, 4) is 0 Å². The minimum absolute atomic E-state index is 0.104. The number of carbonyl (C=O) groups excluding carboxylic acids is 1.